The van der Waals surface area contributed by atoms with Gasteiger partial charge in [-0.3, -0.25) is 9.59 Å². The molecule has 2 amide bonds. The number of methoxy groups -OCH3 is 1. The highest BCUT2D eigenvalue weighted by atomic mass is 35.5. The molecule has 6 nitrogen and oxygen atoms in total. The van der Waals surface area contributed by atoms with Gasteiger partial charge >= 0.3 is 6.18 Å². The standard InChI is InChI=1S/C34H45ClF3N3O3/c1-24-8-7-17-41(24)30(42)32(2)16-11-28(23-29(32)35)39-18-12-25(13-19-39)22-26-14-20-40(21-15-26)31(43)33(44-3,34(36,37)38)27-9-5-4-6-10-27/h4-6,9-11,16,23-26,29H,7-8,12-15,17-22H2,1-3H3/t24-,29?,32?,33+/m0/s1. The lowest BCUT2D eigenvalue weighted by Gasteiger charge is -2.42. The summed E-state index contributed by atoms with van der Waals surface area (Å²) in [5, 5.41) is -0.413. The van der Waals surface area contributed by atoms with Crippen LogP contribution in [-0.4, -0.2) is 83.9 Å². The summed E-state index contributed by atoms with van der Waals surface area (Å²) < 4.78 is 48.2. The number of halogens is 4. The third-order valence-electron chi connectivity index (χ3n) is 10.5. The molecule has 242 valence electrons. The second-order valence-electron chi connectivity index (χ2n) is 13.2. The largest absolute Gasteiger partial charge is 0.430 e. The van der Waals surface area contributed by atoms with Gasteiger partial charge < -0.3 is 19.4 Å². The topological polar surface area (TPSA) is 53.1 Å². The molecule has 0 spiro atoms. The molecule has 3 aliphatic heterocycles. The van der Waals surface area contributed by atoms with E-state index in [1.54, 1.807) is 6.07 Å². The van der Waals surface area contributed by atoms with Crippen molar-refractivity contribution in [1.29, 1.82) is 0 Å². The summed E-state index contributed by atoms with van der Waals surface area (Å²) in [7, 11) is 0.955. The second kappa shape index (κ2) is 13.1. The number of likely N-dealkylation sites (tertiary alicyclic amines) is 3. The van der Waals surface area contributed by atoms with Gasteiger partial charge in [-0.1, -0.05) is 36.4 Å². The predicted molar refractivity (Wildman–Crippen MR) is 165 cm³/mol. The highest BCUT2D eigenvalue weighted by molar-refractivity contribution is 6.24. The van der Waals surface area contributed by atoms with E-state index in [2.05, 4.69) is 17.9 Å². The fourth-order valence-corrected chi connectivity index (χ4v) is 7.86. The fourth-order valence-electron chi connectivity index (χ4n) is 7.57. The van der Waals surface area contributed by atoms with Crippen LogP contribution in [0.2, 0.25) is 0 Å². The maximum Gasteiger partial charge on any atom is 0.430 e. The molecule has 4 atom stereocenters. The first kappa shape index (κ1) is 32.9. The van der Waals surface area contributed by atoms with Crippen LogP contribution in [0.15, 0.2) is 54.3 Å². The molecule has 5 rings (SSSR count). The Hall–Kier alpha value is -2.52. The Bertz CT molecular complexity index is 1240. The lowest BCUT2D eigenvalue weighted by molar-refractivity contribution is -0.270. The van der Waals surface area contributed by atoms with Gasteiger partial charge in [0.25, 0.3) is 11.5 Å². The van der Waals surface area contributed by atoms with Gasteiger partial charge in [0.1, 0.15) is 0 Å². The van der Waals surface area contributed by atoms with Gasteiger partial charge in [0, 0.05) is 57.1 Å². The quantitative estimate of drug-likeness (QED) is 0.321. The zero-order chi connectivity index (χ0) is 31.7. The average molecular weight is 636 g/mol. The van der Waals surface area contributed by atoms with Gasteiger partial charge in [-0.25, -0.2) is 0 Å². The minimum atomic E-state index is -4.89. The first-order valence-corrected chi connectivity index (χ1v) is 16.4. The number of alkyl halides is 4. The zero-order valence-corrected chi connectivity index (χ0v) is 26.7. The molecular formula is C34H45ClF3N3O3. The first-order valence-electron chi connectivity index (χ1n) is 16.0. The first-order chi connectivity index (χ1) is 20.9. The van der Waals surface area contributed by atoms with Crippen molar-refractivity contribution in [3.05, 3.63) is 59.8 Å². The number of hydrogen-bond acceptors (Lipinski definition) is 4. The molecule has 1 aromatic carbocycles. The van der Waals surface area contributed by atoms with Crippen LogP contribution in [0.3, 0.4) is 0 Å². The summed E-state index contributed by atoms with van der Waals surface area (Å²) in [6, 6.07) is 7.45. The molecule has 0 bridgehead atoms. The van der Waals surface area contributed by atoms with Crippen LogP contribution in [0, 0.1) is 17.3 Å². The number of ether oxygens (including phenoxy) is 1. The van der Waals surface area contributed by atoms with Crippen molar-refractivity contribution in [3.63, 3.8) is 0 Å². The van der Waals surface area contributed by atoms with Crippen LogP contribution in [0.25, 0.3) is 0 Å². The summed E-state index contributed by atoms with van der Waals surface area (Å²) in [5.41, 5.74) is -2.88. The third kappa shape index (κ3) is 6.15. The summed E-state index contributed by atoms with van der Waals surface area (Å²) in [5.74, 6) is -0.0353. The Morgan fingerprint density at radius 3 is 2.11 bits per heavy atom. The van der Waals surface area contributed by atoms with Gasteiger partial charge in [0.05, 0.1) is 10.8 Å². The van der Waals surface area contributed by atoms with Crippen molar-refractivity contribution in [1.82, 2.24) is 14.7 Å². The van der Waals surface area contributed by atoms with Crippen LogP contribution in [0.4, 0.5) is 13.2 Å². The van der Waals surface area contributed by atoms with E-state index >= 15 is 0 Å². The minimum absolute atomic E-state index is 0.104. The molecule has 3 saturated heterocycles. The van der Waals surface area contributed by atoms with E-state index in [9.17, 15) is 22.8 Å². The van der Waals surface area contributed by atoms with Crippen molar-refractivity contribution in [2.45, 2.75) is 82.0 Å². The monoisotopic (exact) mass is 635 g/mol. The molecule has 1 aromatic rings. The van der Waals surface area contributed by atoms with Gasteiger partial charge in [-0.15, -0.1) is 11.6 Å². The highest BCUT2D eigenvalue weighted by Crippen LogP contribution is 2.44. The van der Waals surface area contributed by atoms with Gasteiger partial charge in [0.2, 0.25) is 5.91 Å². The number of benzene rings is 1. The van der Waals surface area contributed by atoms with Crippen LogP contribution in [-0.2, 0) is 19.9 Å². The van der Waals surface area contributed by atoms with Crippen molar-refractivity contribution >= 4 is 23.4 Å². The predicted octanol–water partition coefficient (Wildman–Crippen LogP) is 6.51. The molecule has 1 aliphatic carbocycles. The minimum Gasteiger partial charge on any atom is -0.372 e. The van der Waals surface area contributed by atoms with Gasteiger partial charge in [-0.2, -0.15) is 13.2 Å². The number of piperidine rings is 2. The molecule has 10 heteroatoms. The third-order valence-corrected chi connectivity index (χ3v) is 11.1. The molecule has 0 radical (unpaired) electrons. The number of rotatable bonds is 7. The SMILES string of the molecule is CO[C@@](C(=O)N1CCC(CC2CCN(C3=CC(Cl)C(C)(C(=O)N4CCC[C@@H]4C)C=C3)CC2)CC1)(c1ccccc1)C(F)(F)F. The summed E-state index contributed by atoms with van der Waals surface area (Å²) >= 11 is 6.85. The molecule has 3 fully saturated rings. The maximum atomic E-state index is 14.4. The Labute approximate surface area is 264 Å². The summed E-state index contributed by atoms with van der Waals surface area (Å²) in [6.07, 6.45) is 7.68. The number of allylic oxidation sites excluding steroid dienone is 2. The summed E-state index contributed by atoms with van der Waals surface area (Å²) in [6.45, 7) is 7.21. The number of carbonyl (C=O) groups is 2. The lowest BCUT2D eigenvalue weighted by Crippen LogP contribution is -2.58. The molecule has 0 aromatic heterocycles. The van der Waals surface area contributed by atoms with Crippen LogP contribution < -0.4 is 0 Å². The Kier molecular flexibility index (Phi) is 9.76. The van der Waals surface area contributed by atoms with E-state index in [1.165, 1.54) is 29.2 Å². The number of nitrogens with zero attached hydrogens (tertiary/aromatic N) is 3. The maximum absolute atomic E-state index is 14.4. The molecule has 0 N–H and O–H groups in total. The number of carbonyl (C=O) groups excluding carboxylic acids is 2. The van der Waals surface area contributed by atoms with E-state index in [1.807, 2.05) is 24.0 Å². The molecular weight excluding hydrogens is 591 g/mol. The van der Waals surface area contributed by atoms with Crippen LogP contribution in [0.1, 0.15) is 64.4 Å². The van der Waals surface area contributed by atoms with Gasteiger partial charge in [0.15, 0.2) is 0 Å². The molecule has 2 unspecified atom stereocenters. The van der Waals surface area contributed by atoms with E-state index < -0.39 is 28.5 Å². The van der Waals surface area contributed by atoms with Crippen molar-refractivity contribution in [3.8, 4) is 0 Å². The average Bonchev–Trinajstić information content (AvgIpc) is 3.45. The number of amides is 2. The van der Waals surface area contributed by atoms with Crippen LogP contribution in [0.5, 0.6) is 0 Å². The molecule has 4 aliphatic rings. The van der Waals surface area contributed by atoms with Gasteiger partial charge in [-0.05, 0) is 82.8 Å². The molecule has 3 heterocycles. The van der Waals surface area contributed by atoms with E-state index in [4.69, 9.17) is 16.3 Å². The normalized spacial score (nSPS) is 28.6. The lowest BCUT2D eigenvalue weighted by atomic mass is 9.80. The van der Waals surface area contributed by atoms with Crippen molar-refractivity contribution in [2.75, 3.05) is 39.8 Å². The molecule has 0 saturated carbocycles. The zero-order valence-electron chi connectivity index (χ0n) is 26.0. The number of hydrogen-bond donors (Lipinski definition) is 0. The Balaban J connectivity index is 1.12. The van der Waals surface area contributed by atoms with Crippen molar-refractivity contribution in [2.24, 2.45) is 17.3 Å². The Morgan fingerprint density at radius 2 is 1.59 bits per heavy atom. The summed E-state index contributed by atoms with van der Waals surface area (Å²) in [4.78, 5) is 32.4. The second-order valence-corrected chi connectivity index (χ2v) is 13.7. The van der Waals surface area contributed by atoms with E-state index in [0.717, 1.165) is 64.5 Å². The van der Waals surface area contributed by atoms with Crippen molar-refractivity contribution < 1.29 is 27.5 Å². The fraction of sp³-hybridized carbons (Fsp3) is 0.647. The smallest absolute Gasteiger partial charge is 0.372 e. The van der Waals surface area contributed by atoms with Crippen LogP contribution >= 0.6 is 11.6 Å². The Morgan fingerprint density at radius 1 is 0.977 bits per heavy atom. The van der Waals surface area contributed by atoms with E-state index in [0.29, 0.717) is 37.8 Å². The molecule has 44 heavy (non-hydrogen) atoms. The highest BCUT2D eigenvalue weighted by Gasteiger charge is 2.64. The van der Waals surface area contributed by atoms with E-state index in [-0.39, 0.29) is 17.5 Å².